The summed E-state index contributed by atoms with van der Waals surface area (Å²) in [5, 5.41) is 3.07. The second-order valence-corrected chi connectivity index (χ2v) is 6.85. The Balaban J connectivity index is 1.83. The first-order valence-corrected chi connectivity index (χ1v) is 8.33. The van der Waals surface area contributed by atoms with Crippen LogP contribution in [0.4, 0.5) is 8.78 Å². The van der Waals surface area contributed by atoms with Crippen molar-refractivity contribution in [1.29, 1.82) is 0 Å². The third-order valence-electron chi connectivity index (χ3n) is 4.31. The van der Waals surface area contributed by atoms with Crippen LogP contribution in [0.5, 0.6) is 0 Å². The molecule has 116 valence electrons. The van der Waals surface area contributed by atoms with Crippen molar-refractivity contribution in [3.8, 4) is 0 Å². The quantitative estimate of drug-likeness (QED) is 0.851. The molecule has 2 nitrogen and oxygen atoms in total. The van der Waals surface area contributed by atoms with E-state index in [-0.39, 0.29) is 17.7 Å². The summed E-state index contributed by atoms with van der Waals surface area (Å²) in [4.78, 5) is 12.6. The second-order valence-electron chi connectivity index (χ2n) is 5.81. The topological polar surface area (TPSA) is 29.1 Å². The normalized spacial score (nSPS) is 25.6. The fourth-order valence-electron chi connectivity index (χ4n) is 2.75. The van der Waals surface area contributed by atoms with E-state index in [4.69, 9.17) is 0 Å². The van der Waals surface area contributed by atoms with Crippen LogP contribution in [0.2, 0.25) is 0 Å². The molecule has 3 atom stereocenters. The molecule has 1 aromatic rings. The number of rotatable bonds is 4. The van der Waals surface area contributed by atoms with Crippen molar-refractivity contribution in [3.05, 3.63) is 29.8 Å². The molecule has 0 aliphatic heterocycles. The van der Waals surface area contributed by atoms with Gasteiger partial charge in [-0.3, -0.25) is 4.79 Å². The van der Waals surface area contributed by atoms with Crippen molar-refractivity contribution in [2.24, 2.45) is 11.8 Å². The standard InChI is InChI=1S/C16H21F2NOS/c1-10-4-3-5-15(11(10)2)19-16(20)9-21-12-6-7-13(17)14(18)8-12/h6-8,10-11,15H,3-5,9H2,1-2H3,(H,19,20)/t10-,11+,15-/m0/s1. The molecule has 0 spiro atoms. The van der Waals surface area contributed by atoms with E-state index in [1.807, 2.05) is 0 Å². The Labute approximate surface area is 128 Å². The molecule has 1 saturated carbocycles. The maximum Gasteiger partial charge on any atom is 0.230 e. The molecule has 0 bridgehead atoms. The first-order chi connectivity index (χ1) is 9.97. The first-order valence-electron chi connectivity index (χ1n) is 7.34. The fraction of sp³-hybridized carbons (Fsp3) is 0.562. The molecular formula is C16H21F2NOS. The van der Waals surface area contributed by atoms with Gasteiger partial charge in [0.15, 0.2) is 11.6 Å². The Hall–Kier alpha value is -1.10. The van der Waals surface area contributed by atoms with Crippen molar-refractivity contribution in [3.63, 3.8) is 0 Å². The van der Waals surface area contributed by atoms with Gasteiger partial charge in [-0.25, -0.2) is 8.78 Å². The van der Waals surface area contributed by atoms with Gasteiger partial charge in [0.2, 0.25) is 5.91 Å². The Morgan fingerprint density at radius 1 is 1.29 bits per heavy atom. The molecule has 1 fully saturated rings. The SMILES string of the molecule is C[C@H]1[C@@H](NC(=O)CSc2ccc(F)c(F)c2)CCC[C@@H]1C. The predicted octanol–water partition coefficient (Wildman–Crippen LogP) is 4.00. The number of hydrogen-bond acceptors (Lipinski definition) is 2. The predicted molar refractivity (Wildman–Crippen MR) is 81.2 cm³/mol. The highest BCUT2D eigenvalue weighted by molar-refractivity contribution is 8.00. The van der Waals surface area contributed by atoms with Crippen LogP contribution in [0, 0.1) is 23.5 Å². The molecule has 1 aromatic carbocycles. The van der Waals surface area contributed by atoms with Crippen LogP contribution in [0.15, 0.2) is 23.1 Å². The number of benzene rings is 1. The number of carbonyl (C=O) groups is 1. The van der Waals surface area contributed by atoms with E-state index < -0.39 is 11.6 Å². The highest BCUT2D eigenvalue weighted by atomic mass is 32.2. The Kier molecular flexibility index (Phi) is 5.62. The zero-order chi connectivity index (χ0) is 15.4. The summed E-state index contributed by atoms with van der Waals surface area (Å²) in [5.74, 6) is -0.457. The third-order valence-corrected chi connectivity index (χ3v) is 5.31. The lowest BCUT2D eigenvalue weighted by molar-refractivity contribution is -0.119. The van der Waals surface area contributed by atoms with Crippen molar-refractivity contribution >= 4 is 17.7 Å². The molecule has 1 aliphatic rings. The number of nitrogens with one attached hydrogen (secondary N) is 1. The van der Waals surface area contributed by atoms with E-state index in [2.05, 4.69) is 19.2 Å². The molecule has 0 radical (unpaired) electrons. The molecule has 5 heteroatoms. The molecule has 0 saturated heterocycles. The second kappa shape index (κ2) is 7.25. The van der Waals surface area contributed by atoms with Gasteiger partial charge in [0, 0.05) is 10.9 Å². The van der Waals surface area contributed by atoms with Crippen molar-refractivity contribution < 1.29 is 13.6 Å². The summed E-state index contributed by atoms with van der Waals surface area (Å²) in [6.45, 7) is 4.40. The lowest BCUT2D eigenvalue weighted by Crippen LogP contribution is -2.44. The number of halogens is 2. The van der Waals surface area contributed by atoms with Gasteiger partial charge in [0.1, 0.15) is 0 Å². The number of thioether (sulfide) groups is 1. The monoisotopic (exact) mass is 313 g/mol. The van der Waals surface area contributed by atoms with Crippen LogP contribution in [-0.2, 0) is 4.79 Å². The molecule has 2 rings (SSSR count). The average molecular weight is 313 g/mol. The lowest BCUT2D eigenvalue weighted by atomic mass is 9.78. The summed E-state index contributed by atoms with van der Waals surface area (Å²) in [6, 6.07) is 3.92. The molecule has 0 unspecified atom stereocenters. The summed E-state index contributed by atoms with van der Waals surface area (Å²) in [7, 11) is 0. The lowest BCUT2D eigenvalue weighted by Gasteiger charge is -2.34. The van der Waals surface area contributed by atoms with E-state index >= 15 is 0 Å². The van der Waals surface area contributed by atoms with E-state index in [9.17, 15) is 13.6 Å². The summed E-state index contributed by atoms with van der Waals surface area (Å²) < 4.78 is 25.9. The summed E-state index contributed by atoms with van der Waals surface area (Å²) in [5.41, 5.74) is 0. The zero-order valence-electron chi connectivity index (χ0n) is 12.4. The molecule has 0 aromatic heterocycles. The number of amides is 1. The number of hydrogen-bond donors (Lipinski definition) is 1. The molecule has 0 heterocycles. The van der Waals surface area contributed by atoms with Gasteiger partial charge in [-0.05, 0) is 36.5 Å². The van der Waals surface area contributed by atoms with Crippen LogP contribution >= 0.6 is 11.8 Å². The van der Waals surface area contributed by atoms with E-state index in [0.29, 0.717) is 16.7 Å². The minimum atomic E-state index is -0.880. The van der Waals surface area contributed by atoms with Crippen molar-refractivity contribution in [2.45, 2.75) is 44.0 Å². The molecule has 1 N–H and O–H groups in total. The van der Waals surface area contributed by atoms with E-state index in [1.165, 1.54) is 24.2 Å². The Bertz CT molecular complexity index is 509. The maximum absolute atomic E-state index is 13.1. The van der Waals surface area contributed by atoms with Crippen LogP contribution in [0.1, 0.15) is 33.1 Å². The highest BCUT2D eigenvalue weighted by Crippen LogP contribution is 2.29. The third kappa shape index (κ3) is 4.43. The minimum Gasteiger partial charge on any atom is -0.352 e. The average Bonchev–Trinajstić information content (AvgIpc) is 2.45. The summed E-state index contributed by atoms with van der Waals surface area (Å²) >= 11 is 1.22. The van der Waals surface area contributed by atoms with Crippen LogP contribution in [0.25, 0.3) is 0 Å². The van der Waals surface area contributed by atoms with E-state index in [1.54, 1.807) is 0 Å². The van der Waals surface area contributed by atoms with E-state index in [0.717, 1.165) is 25.0 Å². The Morgan fingerprint density at radius 3 is 2.76 bits per heavy atom. The largest absolute Gasteiger partial charge is 0.352 e. The molecule has 1 aliphatic carbocycles. The van der Waals surface area contributed by atoms with Gasteiger partial charge in [0.05, 0.1) is 5.75 Å². The fourth-order valence-corrected chi connectivity index (χ4v) is 3.48. The van der Waals surface area contributed by atoms with Crippen molar-refractivity contribution in [2.75, 3.05) is 5.75 Å². The smallest absolute Gasteiger partial charge is 0.230 e. The van der Waals surface area contributed by atoms with Gasteiger partial charge in [-0.1, -0.05) is 26.7 Å². The number of carbonyl (C=O) groups excluding carboxylic acids is 1. The van der Waals surface area contributed by atoms with Gasteiger partial charge in [-0.2, -0.15) is 0 Å². The molecule has 21 heavy (non-hydrogen) atoms. The van der Waals surface area contributed by atoms with Crippen LogP contribution < -0.4 is 5.32 Å². The zero-order valence-corrected chi connectivity index (χ0v) is 13.2. The Morgan fingerprint density at radius 2 is 2.05 bits per heavy atom. The molecule has 1 amide bonds. The first kappa shape index (κ1) is 16.3. The molecular weight excluding hydrogens is 292 g/mol. The van der Waals surface area contributed by atoms with Crippen molar-refractivity contribution in [1.82, 2.24) is 5.32 Å². The van der Waals surface area contributed by atoms with Gasteiger partial charge < -0.3 is 5.32 Å². The van der Waals surface area contributed by atoms with Crippen LogP contribution in [-0.4, -0.2) is 17.7 Å². The van der Waals surface area contributed by atoms with Crippen LogP contribution in [0.3, 0.4) is 0 Å². The maximum atomic E-state index is 13.1. The summed E-state index contributed by atoms with van der Waals surface area (Å²) in [6.07, 6.45) is 3.39. The van der Waals surface area contributed by atoms with Gasteiger partial charge >= 0.3 is 0 Å². The van der Waals surface area contributed by atoms with Gasteiger partial charge in [-0.15, -0.1) is 11.8 Å². The van der Waals surface area contributed by atoms with Gasteiger partial charge in [0.25, 0.3) is 0 Å². The highest BCUT2D eigenvalue weighted by Gasteiger charge is 2.27. The minimum absolute atomic E-state index is 0.0457.